The zero-order valence-electron chi connectivity index (χ0n) is 20.0. The second-order valence-corrected chi connectivity index (χ2v) is 8.41. The van der Waals surface area contributed by atoms with Gasteiger partial charge in [0.1, 0.15) is 12.2 Å². The molecular formula is C28H26N2O5. The summed E-state index contributed by atoms with van der Waals surface area (Å²) in [4.78, 5) is 39.1. The number of nitrogens with zero attached hydrogens (tertiary/aromatic N) is 1. The van der Waals surface area contributed by atoms with Gasteiger partial charge in [-0.05, 0) is 73.4 Å². The van der Waals surface area contributed by atoms with Gasteiger partial charge in [0, 0.05) is 0 Å². The topological polar surface area (TPSA) is 84.9 Å². The number of methoxy groups -OCH3 is 1. The first-order valence-corrected chi connectivity index (χ1v) is 11.1. The fourth-order valence-electron chi connectivity index (χ4n) is 3.78. The third kappa shape index (κ3) is 5.09. The van der Waals surface area contributed by atoms with Crippen molar-refractivity contribution in [2.24, 2.45) is 0 Å². The molecule has 0 saturated carbocycles. The molecule has 0 bridgehead atoms. The number of nitrogens with one attached hydrogen (secondary N) is 1. The van der Waals surface area contributed by atoms with Crippen molar-refractivity contribution in [3.8, 4) is 11.5 Å². The highest BCUT2D eigenvalue weighted by molar-refractivity contribution is 6.39. The molecule has 1 heterocycles. The smallest absolute Gasteiger partial charge is 0.335 e. The number of rotatable bonds is 6. The molecule has 1 fully saturated rings. The van der Waals surface area contributed by atoms with Crippen LogP contribution in [0.3, 0.4) is 0 Å². The Hall–Kier alpha value is -4.39. The molecule has 3 aromatic rings. The molecule has 3 aromatic carbocycles. The van der Waals surface area contributed by atoms with Gasteiger partial charge in [0.25, 0.3) is 11.8 Å². The van der Waals surface area contributed by atoms with Gasteiger partial charge in [0.15, 0.2) is 11.5 Å². The molecule has 0 unspecified atom stereocenters. The number of benzene rings is 3. The maximum Gasteiger partial charge on any atom is 0.335 e. The van der Waals surface area contributed by atoms with Crippen LogP contribution < -0.4 is 19.7 Å². The van der Waals surface area contributed by atoms with Crippen molar-refractivity contribution in [3.63, 3.8) is 0 Å². The molecule has 0 aliphatic carbocycles. The lowest BCUT2D eigenvalue weighted by atomic mass is 10.0. The summed E-state index contributed by atoms with van der Waals surface area (Å²) in [5.41, 5.74) is 4.92. The normalized spacial score (nSPS) is 14.8. The van der Waals surface area contributed by atoms with E-state index in [1.54, 1.807) is 30.3 Å². The van der Waals surface area contributed by atoms with Crippen molar-refractivity contribution in [3.05, 3.63) is 94.1 Å². The average molecular weight is 471 g/mol. The summed E-state index contributed by atoms with van der Waals surface area (Å²) in [6.07, 6.45) is 1.44. The minimum absolute atomic E-state index is 0.154. The summed E-state index contributed by atoms with van der Waals surface area (Å²) in [6.45, 7) is 6.21. The number of hydrogen-bond donors (Lipinski definition) is 1. The van der Waals surface area contributed by atoms with E-state index in [-0.39, 0.29) is 5.57 Å². The zero-order valence-corrected chi connectivity index (χ0v) is 20.0. The molecule has 35 heavy (non-hydrogen) atoms. The van der Waals surface area contributed by atoms with Crippen molar-refractivity contribution in [1.82, 2.24) is 5.32 Å². The lowest BCUT2D eigenvalue weighted by Crippen LogP contribution is -2.54. The second kappa shape index (κ2) is 9.85. The van der Waals surface area contributed by atoms with E-state index >= 15 is 0 Å². The largest absolute Gasteiger partial charge is 0.493 e. The summed E-state index contributed by atoms with van der Waals surface area (Å²) in [5, 5.41) is 2.25. The molecular weight excluding hydrogens is 444 g/mol. The van der Waals surface area contributed by atoms with E-state index in [1.165, 1.54) is 13.2 Å². The van der Waals surface area contributed by atoms with Crippen LogP contribution in [0.25, 0.3) is 6.08 Å². The van der Waals surface area contributed by atoms with Gasteiger partial charge in [0.2, 0.25) is 0 Å². The lowest BCUT2D eigenvalue weighted by Gasteiger charge is -2.26. The van der Waals surface area contributed by atoms with Crippen LogP contribution in [0, 0.1) is 20.8 Å². The number of carbonyl (C=O) groups excluding carboxylic acids is 3. The Morgan fingerprint density at radius 2 is 1.69 bits per heavy atom. The molecule has 178 valence electrons. The van der Waals surface area contributed by atoms with E-state index in [0.717, 1.165) is 27.2 Å². The summed E-state index contributed by atoms with van der Waals surface area (Å²) in [6, 6.07) is 17.6. The highest BCUT2D eigenvalue weighted by Gasteiger charge is 2.36. The Kier molecular flexibility index (Phi) is 6.68. The number of aryl methyl sites for hydroxylation is 3. The van der Waals surface area contributed by atoms with Gasteiger partial charge < -0.3 is 9.47 Å². The molecule has 0 radical (unpaired) electrons. The Balaban J connectivity index is 1.60. The van der Waals surface area contributed by atoms with Crippen molar-refractivity contribution >= 4 is 29.6 Å². The van der Waals surface area contributed by atoms with E-state index in [4.69, 9.17) is 9.47 Å². The van der Waals surface area contributed by atoms with Gasteiger partial charge in [-0.2, -0.15) is 0 Å². The second-order valence-electron chi connectivity index (χ2n) is 8.41. The first kappa shape index (κ1) is 23.8. The minimum Gasteiger partial charge on any atom is -0.493 e. The van der Waals surface area contributed by atoms with Crippen molar-refractivity contribution in [1.29, 1.82) is 0 Å². The Morgan fingerprint density at radius 1 is 0.886 bits per heavy atom. The van der Waals surface area contributed by atoms with Crippen LogP contribution >= 0.6 is 0 Å². The maximum absolute atomic E-state index is 13.2. The van der Waals surface area contributed by atoms with Crippen molar-refractivity contribution in [2.75, 3.05) is 12.0 Å². The highest BCUT2D eigenvalue weighted by Crippen LogP contribution is 2.31. The SMILES string of the molecule is COc1cc(/C=C2\C(=O)NC(=O)N(c3ccc(C)c(C)c3)C2=O)ccc1OCc1cccc(C)c1. The Morgan fingerprint density at radius 3 is 2.40 bits per heavy atom. The van der Waals surface area contributed by atoms with Gasteiger partial charge in [0.05, 0.1) is 12.8 Å². The van der Waals surface area contributed by atoms with E-state index in [0.29, 0.717) is 29.4 Å². The number of anilines is 1. The van der Waals surface area contributed by atoms with Crippen LogP contribution in [-0.2, 0) is 16.2 Å². The van der Waals surface area contributed by atoms with E-state index in [1.807, 2.05) is 51.1 Å². The number of amides is 4. The van der Waals surface area contributed by atoms with Crippen LogP contribution in [0.1, 0.15) is 27.8 Å². The van der Waals surface area contributed by atoms with Gasteiger partial charge >= 0.3 is 6.03 Å². The molecule has 0 spiro atoms. The molecule has 0 atom stereocenters. The maximum atomic E-state index is 13.2. The third-order valence-corrected chi connectivity index (χ3v) is 5.83. The molecule has 7 heteroatoms. The van der Waals surface area contributed by atoms with Crippen LogP contribution in [0.5, 0.6) is 11.5 Å². The quantitative estimate of drug-likeness (QED) is 0.411. The van der Waals surface area contributed by atoms with Crippen molar-refractivity contribution in [2.45, 2.75) is 27.4 Å². The number of imide groups is 2. The molecule has 0 aromatic heterocycles. The van der Waals surface area contributed by atoms with Crippen LogP contribution in [-0.4, -0.2) is 25.0 Å². The monoisotopic (exact) mass is 470 g/mol. The number of hydrogen-bond acceptors (Lipinski definition) is 5. The van der Waals surface area contributed by atoms with Crippen LogP contribution in [0.15, 0.2) is 66.2 Å². The summed E-state index contributed by atoms with van der Waals surface area (Å²) < 4.78 is 11.4. The molecule has 1 N–H and O–H groups in total. The van der Waals surface area contributed by atoms with Gasteiger partial charge in [-0.25, -0.2) is 9.69 Å². The molecule has 4 amide bonds. The van der Waals surface area contributed by atoms with Gasteiger partial charge in [-0.3, -0.25) is 14.9 Å². The molecule has 1 aliphatic rings. The zero-order chi connectivity index (χ0) is 25.1. The molecule has 1 aliphatic heterocycles. The van der Waals surface area contributed by atoms with Crippen molar-refractivity contribution < 1.29 is 23.9 Å². The predicted octanol–water partition coefficient (Wildman–Crippen LogP) is 4.87. The molecule has 1 saturated heterocycles. The number of urea groups is 1. The fraction of sp³-hybridized carbons (Fsp3) is 0.179. The van der Waals surface area contributed by atoms with Gasteiger partial charge in [-0.1, -0.05) is 42.0 Å². The van der Waals surface area contributed by atoms with E-state index in [2.05, 4.69) is 5.32 Å². The fourth-order valence-corrected chi connectivity index (χ4v) is 3.78. The third-order valence-electron chi connectivity index (χ3n) is 5.83. The Labute approximate surface area is 204 Å². The van der Waals surface area contributed by atoms with E-state index < -0.39 is 17.8 Å². The summed E-state index contributed by atoms with van der Waals surface area (Å²) in [5.74, 6) is -0.458. The van der Waals surface area contributed by atoms with E-state index in [9.17, 15) is 14.4 Å². The first-order chi connectivity index (χ1) is 16.8. The highest BCUT2D eigenvalue weighted by atomic mass is 16.5. The molecule has 4 rings (SSSR count). The first-order valence-electron chi connectivity index (χ1n) is 11.1. The van der Waals surface area contributed by atoms with Gasteiger partial charge in [-0.15, -0.1) is 0 Å². The average Bonchev–Trinajstić information content (AvgIpc) is 2.83. The lowest BCUT2D eigenvalue weighted by molar-refractivity contribution is -0.122. The number of carbonyl (C=O) groups is 3. The predicted molar refractivity (Wildman–Crippen MR) is 133 cm³/mol. The number of barbiturate groups is 1. The summed E-state index contributed by atoms with van der Waals surface area (Å²) in [7, 11) is 1.52. The Bertz CT molecular complexity index is 1360. The standard InChI is InChI=1S/C28H26N2O5/c1-17-6-5-7-21(12-17)16-35-24-11-9-20(15-25(24)34-4)14-23-26(31)29-28(33)30(27(23)32)22-10-8-18(2)19(3)13-22/h5-15H,16H2,1-4H3,(H,29,31,33)/b23-14+. The number of ether oxygens (including phenoxy) is 2. The molecule has 7 nitrogen and oxygen atoms in total. The summed E-state index contributed by atoms with van der Waals surface area (Å²) >= 11 is 0. The minimum atomic E-state index is -0.780. The van der Waals surface area contributed by atoms with Crippen LogP contribution in [0.4, 0.5) is 10.5 Å². The van der Waals surface area contributed by atoms with Crippen LogP contribution in [0.2, 0.25) is 0 Å².